The van der Waals surface area contributed by atoms with E-state index in [0.29, 0.717) is 4.99 Å². The summed E-state index contributed by atoms with van der Waals surface area (Å²) in [6.45, 7) is 3.27. The van der Waals surface area contributed by atoms with Crippen LogP contribution in [0, 0.1) is 0 Å². The summed E-state index contributed by atoms with van der Waals surface area (Å²) in [7, 11) is 0. The van der Waals surface area contributed by atoms with E-state index in [1.165, 1.54) is 0 Å². The maximum absolute atomic E-state index is 5.73. The number of nitrogens with two attached hydrogens (primary N) is 1. The first-order valence-electron chi connectivity index (χ1n) is 5.10. The van der Waals surface area contributed by atoms with Crippen LogP contribution in [0.25, 0.3) is 0 Å². The topological polar surface area (TPSA) is 38.5 Å². The highest BCUT2D eigenvalue weighted by molar-refractivity contribution is 9.10. The second-order valence-corrected chi connectivity index (χ2v) is 4.98. The van der Waals surface area contributed by atoms with Gasteiger partial charge in [0.2, 0.25) is 0 Å². The molecule has 0 spiro atoms. The van der Waals surface area contributed by atoms with Crippen LogP contribution in [0.4, 0.5) is 5.69 Å². The molecule has 2 N–H and O–H groups in total. The first-order valence-corrected chi connectivity index (χ1v) is 6.30. The Morgan fingerprint density at radius 3 is 2.69 bits per heavy atom. The van der Waals surface area contributed by atoms with E-state index in [4.69, 9.17) is 22.7 Å². The van der Waals surface area contributed by atoms with Gasteiger partial charge in [0.1, 0.15) is 4.99 Å². The van der Waals surface area contributed by atoms with Gasteiger partial charge in [-0.1, -0.05) is 28.1 Å². The molecule has 2 rings (SSSR count). The molecule has 0 bridgehead atoms. The van der Waals surface area contributed by atoms with E-state index < -0.39 is 0 Å². The summed E-state index contributed by atoms with van der Waals surface area (Å²) in [4.78, 5) is 2.69. The first-order chi connectivity index (χ1) is 7.68. The minimum absolute atomic E-state index is 0.439. The van der Waals surface area contributed by atoms with Gasteiger partial charge < -0.3 is 15.4 Å². The Kier molecular flexibility index (Phi) is 3.78. The molecule has 1 fully saturated rings. The Bertz CT molecular complexity index is 405. The smallest absolute Gasteiger partial charge is 0.106 e. The van der Waals surface area contributed by atoms with Crippen molar-refractivity contribution >= 4 is 38.8 Å². The molecule has 0 radical (unpaired) electrons. The third kappa shape index (κ3) is 2.53. The van der Waals surface area contributed by atoms with Crippen LogP contribution in [-0.2, 0) is 4.74 Å². The van der Waals surface area contributed by atoms with Crippen molar-refractivity contribution in [2.45, 2.75) is 0 Å². The molecule has 1 aromatic carbocycles. The van der Waals surface area contributed by atoms with Gasteiger partial charge in [0, 0.05) is 28.8 Å². The van der Waals surface area contributed by atoms with Crippen molar-refractivity contribution in [2.75, 3.05) is 31.2 Å². The first kappa shape index (κ1) is 11.8. The fourth-order valence-electron chi connectivity index (χ4n) is 1.78. The summed E-state index contributed by atoms with van der Waals surface area (Å²) < 4.78 is 6.37. The van der Waals surface area contributed by atoms with Gasteiger partial charge >= 0.3 is 0 Å². The van der Waals surface area contributed by atoms with Gasteiger partial charge in [-0.3, -0.25) is 0 Å². The van der Waals surface area contributed by atoms with E-state index in [9.17, 15) is 0 Å². The minimum Gasteiger partial charge on any atom is -0.389 e. The number of benzene rings is 1. The van der Waals surface area contributed by atoms with Crippen molar-refractivity contribution in [1.82, 2.24) is 0 Å². The van der Waals surface area contributed by atoms with Gasteiger partial charge in [-0.15, -0.1) is 0 Å². The zero-order chi connectivity index (χ0) is 11.5. The van der Waals surface area contributed by atoms with E-state index in [-0.39, 0.29) is 0 Å². The van der Waals surface area contributed by atoms with Crippen molar-refractivity contribution in [1.29, 1.82) is 0 Å². The van der Waals surface area contributed by atoms with Crippen LogP contribution in [0.2, 0.25) is 0 Å². The predicted molar refractivity (Wildman–Crippen MR) is 73.1 cm³/mol. The summed E-state index contributed by atoms with van der Waals surface area (Å²) in [6, 6.07) is 5.97. The van der Waals surface area contributed by atoms with Crippen molar-refractivity contribution < 1.29 is 4.74 Å². The molecule has 0 amide bonds. The second kappa shape index (κ2) is 5.12. The summed E-state index contributed by atoms with van der Waals surface area (Å²) in [5.74, 6) is 0. The monoisotopic (exact) mass is 300 g/mol. The van der Waals surface area contributed by atoms with Gasteiger partial charge in [0.05, 0.1) is 13.2 Å². The third-order valence-electron chi connectivity index (χ3n) is 2.58. The number of ether oxygens (including phenoxy) is 1. The molecule has 1 heterocycles. The fourth-order valence-corrected chi connectivity index (χ4v) is 2.30. The number of morpholine rings is 1. The van der Waals surface area contributed by atoms with Crippen LogP contribution in [0.3, 0.4) is 0 Å². The molecule has 3 nitrogen and oxygen atoms in total. The molecule has 1 aliphatic heterocycles. The second-order valence-electron chi connectivity index (χ2n) is 3.63. The number of thiocarbonyl (C=S) groups is 1. The molecule has 5 heteroatoms. The van der Waals surface area contributed by atoms with Crippen LogP contribution in [0.1, 0.15) is 5.56 Å². The Balaban J connectivity index is 2.36. The van der Waals surface area contributed by atoms with Crippen LogP contribution in [-0.4, -0.2) is 31.3 Å². The lowest BCUT2D eigenvalue weighted by Crippen LogP contribution is -2.37. The minimum atomic E-state index is 0.439. The number of halogens is 1. The predicted octanol–water partition coefficient (Wildman–Crippen LogP) is 1.92. The van der Waals surface area contributed by atoms with Crippen LogP contribution >= 0.6 is 28.1 Å². The lowest BCUT2D eigenvalue weighted by atomic mass is 10.1. The quantitative estimate of drug-likeness (QED) is 0.847. The van der Waals surface area contributed by atoms with Gasteiger partial charge in [-0.05, 0) is 18.2 Å². The number of hydrogen-bond donors (Lipinski definition) is 1. The highest BCUT2D eigenvalue weighted by Gasteiger charge is 2.16. The van der Waals surface area contributed by atoms with Gasteiger partial charge in [0.25, 0.3) is 0 Å². The fraction of sp³-hybridized carbons (Fsp3) is 0.364. The van der Waals surface area contributed by atoms with E-state index in [0.717, 1.165) is 42.0 Å². The molecule has 86 valence electrons. The average molecular weight is 301 g/mol. The third-order valence-corrected chi connectivity index (χ3v) is 3.29. The summed E-state index contributed by atoms with van der Waals surface area (Å²) in [6.07, 6.45) is 0. The molecule has 0 unspecified atom stereocenters. The number of nitrogens with zero attached hydrogens (tertiary/aromatic N) is 1. The SMILES string of the molecule is NC(=S)c1ccc(Br)cc1N1CCOCC1. The molecular weight excluding hydrogens is 288 g/mol. The van der Waals surface area contributed by atoms with Gasteiger partial charge in [0.15, 0.2) is 0 Å². The van der Waals surface area contributed by atoms with Crippen molar-refractivity contribution in [3.8, 4) is 0 Å². The molecule has 0 aliphatic carbocycles. The lowest BCUT2D eigenvalue weighted by Gasteiger charge is -2.30. The maximum atomic E-state index is 5.73. The zero-order valence-corrected chi connectivity index (χ0v) is 11.2. The molecule has 1 saturated heterocycles. The Labute approximate surface area is 109 Å². The lowest BCUT2D eigenvalue weighted by molar-refractivity contribution is 0.122. The standard InChI is InChI=1S/C11H13BrN2OS/c12-8-1-2-9(11(13)16)10(7-8)14-3-5-15-6-4-14/h1-2,7H,3-6H2,(H2,13,16). The number of anilines is 1. The van der Waals surface area contributed by atoms with Crippen molar-refractivity contribution in [3.05, 3.63) is 28.2 Å². The highest BCUT2D eigenvalue weighted by Crippen LogP contribution is 2.25. The summed E-state index contributed by atoms with van der Waals surface area (Å²) in [5, 5.41) is 0. The molecular formula is C11H13BrN2OS. The number of rotatable bonds is 2. The Hall–Kier alpha value is -0.650. The van der Waals surface area contributed by atoms with Crippen molar-refractivity contribution in [3.63, 3.8) is 0 Å². The Morgan fingerprint density at radius 1 is 1.38 bits per heavy atom. The molecule has 16 heavy (non-hydrogen) atoms. The molecule has 0 atom stereocenters. The molecule has 1 aliphatic rings. The number of hydrogen-bond acceptors (Lipinski definition) is 3. The van der Waals surface area contributed by atoms with E-state index in [2.05, 4.69) is 26.9 Å². The zero-order valence-electron chi connectivity index (χ0n) is 8.78. The van der Waals surface area contributed by atoms with Crippen LogP contribution < -0.4 is 10.6 Å². The van der Waals surface area contributed by atoms with Gasteiger partial charge in [-0.25, -0.2) is 0 Å². The average Bonchev–Trinajstić information content (AvgIpc) is 2.29. The molecule has 1 aromatic rings. The molecule has 0 aromatic heterocycles. The van der Waals surface area contributed by atoms with E-state index in [1.54, 1.807) is 0 Å². The maximum Gasteiger partial charge on any atom is 0.106 e. The van der Waals surface area contributed by atoms with Crippen LogP contribution in [0.5, 0.6) is 0 Å². The summed E-state index contributed by atoms with van der Waals surface area (Å²) >= 11 is 8.54. The molecule has 0 saturated carbocycles. The van der Waals surface area contributed by atoms with Gasteiger partial charge in [-0.2, -0.15) is 0 Å². The normalized spacial score (nSPS) is 16.2. The Morgan fingerprint density at radius 2 is 2.06 bits per heavy atom. The highest BCUT2D eigenvalue weighted by atomic mass is 79.9. The largest absolute Gasteiger partial charge is 0.389 e. The van der Waals surface area contributed by atoms with Crippen LogP contribution in [0.15, 0.2) is 22.7 Å². The van der Waals surface area contributed by atoms with E-state index >= 15 is 0 Å². The van der Waals surface area contributed by atoms with Crippen molar-refractivity contribution in [2.24, 2.45) is 5.73 Å². The summed E-state index contributed by atoms with van der Waals surface area (Å²) in [5.41, 5.74) is 7.75. The van der Waals surface area contributed by atoms with E-state index in [1.807, 2.05) is 12.1 Å².